The van der Waals surface area contributed by atoms with E-state index < -0.39 is 0 Å². The molecule has 8 heteroatoms. The number of unbranched alkanes of at least 4 members (excludes halogenated alkanes) is 3. The molecule has 1 atom stereocenters. The summed E-state index contributed by atoms with van der Waals surface area (Å²) in [5.41, 5.74) is 1.83. The summed E-state index contributed by atoms with van der Waals surface area (Å²) < 4.78 is 11.1. The summed E-state index contributed by atoms with van der Waals surface area (Å²) in [5, 5.41) is 19.2. The maximum atomic E-state index is 11.9. The van der Waals surface area contributed by atoms with Gasteiger partial charge in [0.25, 0.3) is 0 Å². The van der Waals surface area contributed by atoms with Crippen LogP contribution in [0, 0.1) is 0 Å². The second-order valence-corrected chi connectivity index (χ2v) is 8.25. The lowest BCUT2D eigenvalue weighted by Crippen LogP contribution is -2.34. The molecule has 0 saturated carbocycles. The number of methoxy groups -OCH3 is 1. The molecule has 1 aromatic carbocycles. The average Bonchev–Trinajstić information content (AvgIpc) is 3.23. The molecule has 1 aromatic heterocycles. The number of esters is 1. The van der Waals surface area contributed by atoms with Crippen molar-refractivity contribution in [2.24, 2.45) is 0 Å². The molecule has 0 amide bonds. The smallest absolute Gasteiger partial charge is 0.325 e. The van der Waals surface area contributed by atoms with Gasteiger partial charge in [-0.15, -0.1) is 0 Å². The van der Waals surface area contributed by atoms with Crippen LogP contribution in [0.3, 0.4) is 0 Å². The number of hydrogen-bond donors (Lipinski definition) is 2. The Hall–Kier alpha value is -2.42. The highest BCUT2D eigenvalue weighted by Gasteiger charge is 2.28. The fraction of sp³-hybridized carbons (Fsp3) is 0.600. The number of benzene rings is 1. The van der Waals surface area contributed by atoms with Crippen molar-refractivity contribution >= 4 is 11.9 Å². The van der Waals surface area contributed by atoms with Gasteiger partial charge in [-0.05, 0) is 12.0 Å². The van der Waals surface area contributed by atoms with Crippen LogP contribution in [0.25, 0.3) is 0 Å². The molecule has 0 spiro atoms. The molecule has 0 aliphatic carbocycles. The molecule has 0 aliphatic rings. The first-order chi connectivity index (χ1) is 16.0. The predicted molar refractivity (Wildman–Crippen MR) is 128 cm³/mol. The van der Waals surface area contributed by atoms with E-state index in [9.17, 15) is 15.0 Å². The quantitative estimate of drug-likeness (QED) is 0.291. The van der Waals surface area contributed by atoms with E-state index in [0.717, 1.165) is 43.4 Å². The van der Waals surface area contributed by atoms with Gasteiger partial charge in [0.1, 0.15) is 12.2 Å². The number of aromatic nitrogens is 1. The molecule has 33 heavy (non-hydrogen) atoms. The molecule has 184 valence electrons. The van der Waals surface area contributed by atoms with E-state index in [1.165, 1.54) is 7.11 Å². The normalized spacial score (nSPS) is 12.2. The first kappa shape index (κ1) is 26.8. The topological polar surface area (TPSA) is 99.3 Å². The Morgan fingerprint density at radius 1 is 1.12 bits per heavy atom. The van der Waals surface area contributed by atoms with Crippen molar-refractivity contribution in [1.82, 2.24) is 9.88 Å². The molecule has 0 saturated heterocycles. The van der Waals surface area contributed by atoms with Crippen molar-refractivity contribution in [1.29, 1.82) is 0 Å². The van der Waals surface area contributed by atoms with Crippen LogP contribution in [-0.4, -0.2) is 73.1 Å². The zero-order chi connectivity index (χ0) is 24.1. The molecule has 0 fully saturated rings. The molecule has 2 rings (SSSR count). The molecule has 0 radical (unpaired) electrons. The van der Waals surface area contributed by atoms with Crippen molar-refractivity contribution in [3.63, 3.8) is 0 Å². The number of anilines is 1. The van der Waals surface area contributed by atoms with Crippen molar-refractivity contribution < 1.29 is 24.2 Å². The Morgan fingerprint density at radius 2 is 1.82 bits per heavy atom. The van der Waals surface area contributed by atoms with Gasteiger partial charge in [0, 0.05) is 26.6 Å². The summed E-state index contributed by atoms with van der Waals surface area (Å²) in [4.78, 5) is 20.5. The molecule has 0 aliphatic heterocycles. The molecule has 1 unspecified atom stereocenters. The Morgan fingerprint density at radius 3 is 2.42 bits per heavy atom. The minimum absolute atomic E-state index is 0.0157. The third-order valence-corrected chi connectivity index (χ3v) is 5.68. The van der Waals surface area contributed by atoms with Gasteiger partial charge in [0.05, 0.1) is 26.4 Å². The van der Waals surface area contributed by atoms with Crippen LogP contribution >= 0.6 is 0 Å². The Kier molecular flexibility index (Phi) is 11.9. The number of aliphatic hydroxyl groups is 2. The molecule has 8 nitrogen and oxygen atoms in total. The summed E-state index contributed by atoms with van der Waals surface area (Å²) in [6, 6.07) is 9.82. The maximum absolute atomic E-state index is 11.9. The molecule has 0 bridgehead atoms. The highest BCUT2D eigenvalue weighted by Crippen LogP contribution is 2.32. The van der Waals surface area contributed by atoms with Crippen LogP contribution < -0.4 is 4.90 Å². The van der Waals surface area contributed by atoms with Gasteiger partial charge >= 0.3 is 5.97 Å². The number of hydrogen-bond acceptors (Lipinski definition) is 8. The second-order valence-electron chi connectivity index (χ2n) is 8.25. The van der Waals surface area contributed by atoms with Crippen molar-refractivity contribution in [2.75, 3.05) is 51.9 Å². The highest BCUT2D eigenvalue weighted by atomic mass is 16.5. The highest BCUT2D eigenvalue weighted by molar-refractivity contribution is 5.75. The largest absolute Gasteiger partial charge is 0.468 e. The minimum atomic E-state index is -0.362. The summed E-state index contributed by atoms with van der Waals surface area (Å²) in [7, 11) is 3.14. The van der Waals surface area contributed by atoms with Crippen LogP contribution in [0.1, 0.15) is 62.2 Å². The first-order valence-electron chi connectivity index (χ1n) is 11.8. The van der Waals surface area contributed by atoms with Crippen LogP contribution in [0.4, 0.5) is 5.88 Å². The van der Waals surface area contributed by atoms with Crippen molar-refractivity contribution in [2.45, 2.75) is 51.5 Å². The van der Waals surface area contributed by atoms with Gasteiger partial charge in [-0.3, -0.25) is 9.69 Å². The van der Waals surface area contributed by atoms with Gasteiger partial charge in [0.2, 0.25) is 11.8 Å². The number of carbonyl (C=O) groups is 1. The van der Waals surface area contributed by atoms with E-state index >= 15 is 0 Å². The molecular weight excluding hydrogens is 422 g/mol. The summed E-state index contributed by atoms with van der Waals surface area (Å²) >= 11 is 0. The number of oxazole rings is 1. The SMILES string of the molecule is CCCCCCC(c1nc(Cc2ccccc2)c(N(C)CC(=O)OC)o1)N(CCO)CCO. The first-order valence-corrected chi connectivity index (χ1v) is 11.8. The monoisotopic (exact) mass is 461 g/mol. The number of ether oxygens (including phenoxy) is 1. The summed E-state index contributed by atoms with van der Waals surface area (Å²) in [5.74, 6) is 0.719. The number of likely N-dealkylation sites (N-methyl/N-ethyl adjacent to an activating group) is 1. The maximum Gasteiger partial charge on any atom is 0.325 e. The molecule has 1 heterocycles. The van der Waals surface area contributed by atoms with Gasteiger partial charge < -0.3 is 24.3 Å². The number of aliphatic hydroxyl groups excluding tert-OH is 2. The lowest BCUT2D eigenvalue weighted by atomic mass is 10.1. The number of nitrogens with zero attached hydrogens (tertiary/aromatic N) is 3. The van der Waals surface area contributed by atoms with E-state index in [-0.39, 0.29) is 31.8 Å². The van der Waals surface area contributed by atoms with Crippen LogP contribution in [0.2, 0.25) is 0 Å². The van der Waals surface area contributed by atoms with Crippen LogP contribution in [0.15, 0.2) is 34.7 Å². The third kappa shape index (κ3) is 8.46. The van der Waals surface area contributed by atoms with Gasteiger partial charge in [-0.2, -0.15) is 0 Å². The van der Waals surface area contributed by atoms with Crippen LogP contribution in [-0.2, 0) is 16.0 Å². The second kappa shape index (κ2) is 14.7. The lowest BCUT2D eigenvalue weighted by molar-refractivity contribution is -0.138. The van der Waals surface area contributed by atoms with E-state index in [0.29, 0.717) is 31.3 Å². The molecule has 2 aromatic rings. The minimum Gasteiger partial charge on any atom is -0.468 e. The van der Waals surface area contributed by atoms with Crippen molar-refractivity contribution in [3.8, 4) is 0 Å². The van der Waals surface area contributed by atoms with E-state index in [1.54, 1.807) is 11.9 Å². The summed E-state index contributed by atoms with van der Waals surface area (Å²) in [6.07, 6.45) is 5.77. The number of carbonyl (C=O) groups excluding carboxylic acids is 1. The fourth-order valence-corrected chi connectivity index (χ4v) is 3.94. The van der Waals surface area contributed by atoms with E-state index in [2.05, 4.69) is 6.92 Å². The van der Waals surface area contributed by atoms with Gasteiger partial charge in [-0.25, -0.2) is 4.98 Å². The predicted octanol–water partition coefficient (Wildman–Crippen LogP) is 3.17. The Labute approximate surface area is 197 Å². The Balaban J connectivity index is 2.40. The lowest BCUT2D eigenvalue weighted by Gasteiger charge is -2.28. The standard InChI is InChI=1S/C25H39N3O5/c1-4-5-6-10-13-22(28(14-16-29)15-17-30)24-26-21(18-20-11-8-7-9-12-20)25(33-24)27(2)19-23(31)32-3/h7-9,11-12,22,29-30H,4-6,10,13-19H2,1-3H3. The van der Waals surface area contributed by atoms with Gasteiger partial charge in [-0.1, -0.05) is 62.9 Å². The zero-order valence-corrected chi connectivity index (χ0v) is 20.2. The zero-order valence-electron chi connectivity index (χ0n) is 20.2. The summed E-state index contributed by atoms with van der Waals surface area (Å²) in [6.45, 7) is 3.03. The van der Waals surface area contributed by atoms with E-state index in [4.69, 9.17) is 14.1 Å². The van der Waals surface area contributed by atoms with Crippen molar-refractivity contribution in [3.05, 3.63) is 47.5 Å². The third-order valence-electron chi connectivity index (χ3n) is 5.68. The average molecular weight is 462 g/mol. The molecule has 2 N–H and O–H groups in total. The fourth-order valence-electron chi connectivity index (χ4n) is 3.94. The van der Waals surface area contributed by atoms with E-state index in [1.807, 2.05) is 35.2 Å². The number of rotatable bonds is 16. The van der Waals surface area contributed by atoms with Gasteiger partial charge in [0.15, 0.2) is 0 Å². The van der Waals surface area contributed by atoms with Crippen LogP contribution in [0.5, 0.6) is 0 Å². The molecular formula is C25H39N3O5. The Bertz CT molecular complexity index is 806.